The van der Waals surface area contributed by atoms with Crippen LogP contribution in [0.25, 0.3) is 0 Å². The number of halogens is 1. The van der Waals surface area contributed by atoms with Crippen LogP contribution in [0.15, 0.2) is 21.2 Å². The highest BCUT2D eigenvalue weighted by atomic mass is 79.9. The van der Waals surface area contributed by atoms with Crippen molar-refractivity contribution in [3.63, 3.8) is 0 Å². The van der Waals surface area contributed by atoms with Gasteiger partial charge in [-0.2, -0.15) is 0 Å². The summed E-state index contributed by atoms with van der Waals surface area (Å²) in [6.07, 6.45) is 3.23. The third kappa shape index (κ3) is 3.85. The molecule has 19 heavy (non-hydrogen) atoms. The van der Waals surface area contributed by atoms with Gasteiger partial charge in [-0.25, -0.2) is 0 Å². The molecule has 0 bridgehead atoms. The Kier molecular flexibility index (Phi) is 3.83. The summed E-state index contributed by atoms with van der Waals surface area (Å²) in [6.45, 7) is 9.10. The van der Waals surface area contributed by atoms with Crippen molar-refractivity contribution >= 4 is 21.8 Å². The van der Waals surface area contributed by atoms with Gasteiger partial charge in [0.15, 0.2) is 10.4 Å². The molecule has 0 unspecified atom stereocenters. The third-order valence-corrected chi connectivity index (χ3v) is 4.11. The summed E-state index contributed by atoms with van der Waals surface area (Å²) in [5.74, 6) is 0.247. The largest absolute Gasteiger partial charge is 0.444 e. The molecule has 3 nitrogen and oxygen atoms in total. The average molecular weight is 328 g/mol. The fourth-order valence-electron chi connectivity index (χ4n) is 3.64. The van der Waals surface area contributed by atoms with E-state index in [-0.39, 0.29) is 22.8 Å². The van der Waals surface area contributed by atoms with Gasteiger partial charge in [0, 0.05) is 6.04 Å². The van der Waals surface area contributed by atoms with E-state index in [9.17, 15) is 4.79 Å². The van der Waals surface area contributed by atoms with E-state index in [4.69, 9.17) is 4.42 Å². The van der Waals surface area contributed by atoms with Crippen LogP contribution in [0.3, 0.4) is 0 Å². The van der Waals surface area contributed by atoms with Gasteiger partial charge in [0.2, 0.25) is 0 Å². The van der Waals surface area contributed by atoms with Crippen LogP contribution in [0.5, 0.6) is 0 Å². The molecule has 1 fully saturated rings. The number of hydrogen-bond donors (Lipinski definition) is 1. The summed E-state index contributed by atoms with van der Waals surface area (Å²) in [6, 6.07) is 3.65. The maximum atomic E-state index is 12.1. The maximum absolute atomic E-state index is 12.1. The normalized spacial score (nSPS) is 22.2. The molecule has 0 aliphatic heterocycles. The Morgan fingerprint density at radius 1 is 1.26 bits per heavy atom. The summed E-state index contributed by atoms with van der Waals surface area (Å²) in [5.41, 5.74) is 0.535. The smallest absolute Gasteiger partial charge is 0.287 e. The van der Waals surface area contributed by atoms with E-state index in [1.807, 2.05) is 0 Å². The van der Waals surface area contributed by atoms with Crippen molar-refractivity contribution in [2.45, 2.75) is 53.0 Å². The summed E-state index contributed by atoms with van der Waals surface area (Å²) < 4.78 is 5.88. The molecule has 0 aromatic carbocycles. The van der Waals surface area contributed by atoms with Crippen LogP contribution in [0.4, 0.5) is 0 Å². The molecule has 1 aromatic rings. The zero-order valence-corrected chi connectivity index (χ0v) is 13.6. The van der Waals surface area contributed by atoms with E-state index >= 15 is 0 Å². The first kappa shape index (κ1) is 14.6. The van der Waals surface area contributed by atoms with Gasteiger partial charge in [-0.15, -0.1) is 0 Å². The Bertz CT molecular complexity index is 460. The van der Waals surface area contributed by atoms with Gasteiger partial charge in [0.1, 0.15) is 0 Å². The molecule has 1 saturated carbocycles. The van der Waals surface area contributed by atoms with Crippen LogP contribution < -0.4 is 5.32 Å². The Balaban J connectivity index is 2.04. The van der Waals surface area contributed by atoms with E-state index in [2.05, 4.69) is 48.9 Å². The molecule has 1 aliphatic carbocycles. The lowest BCUT2D eigenvalue weighted by atomic mass is 9.63. The van der Waals surface area contributed by atoms with Crippen LogP contribution >= 0.6 is 15.9 Å². The van der Waals surface area contributed by atoms with Gasteiger partial charge in [0.25, 0.3) is 5.91 Å². The summed E-state index contributed by atoms with van der Waals surface area (Å²) in [7, 11) is 0. The van der Waals surface area contributed by atoms with E-state index in [0.717, 1.165) is 12.8 Å². The fourth-order valence-corrected chi connectivity index (χ4v) is 3.95. The van der Waals surface area contributed by atoms with Crippen LogP contribution in [-0.4, -0.2) is 11.9 Å². The van der Waals surface area contributed by atoms with Crippen LogP contribution in [0.2, 0.25) is 0 Å². The van der Waals surface area contributed by atoms with E-state index < -0.39 is 0 Å². The van der Waals surface area contributed by atoms with Crippen LogP contribution in [-0.2, 0) is 0 Å². The SMILES string of the molecule is CC1(C)CC(NC(=O)c2ccc(Br)o2)CC(C)(C)C1. The number of hydrogen-bond acceptors (Lipinski definition) is 2. The second-order valence-corrected chi connectivity index (χ2v) is 7.97. The molecule has 1 aliphatic rings. The topological polar surface area (TPSA) is 42.2 Å². The molecule has 1 N–H and O–H groups in total. The highest BCUT2D eigenvalue weighted by molar-refractivity contribution is 9.10. The molecule has 1 heterocycles. The minimum atomic E-state index is -0.121. The Hall–Kier alpha value is -0.770. The van der Waals surface area contributed by atoms with Crippen molar-refractivity contribution in [2.24, 2.45) is 10.8 Å². The molecule has 0 radical (unpaired) electrons. The molecule has 4 heteroatoms. The van der Waals surface area contributed by atoms with Gasteiger partial charge in [-0.05, 0) is 58.2 Å². The van der Waals surface area contributed by atoms with Crippen LogP contribution in [0.1, 0.15) is 57.5 Å². The number of rotatable bonds is 2. The van der Waals surface area contributed by atoms with Gasteiger partial charge >= 0.3 is 0 Å². The van der Waals surface area contributed by atoms with Crippen molar-refractivity contribution < 1.29 is 9.21 Å². The van der Waals surface area contributed by atoms with E-state index in [1.54, 1.807) is 12.1 Å². The van der Waals surface area contributed by atoms with Crippen molar-refractivity contribution in [1.29, 1.82) is 0 Å². The molecule has 0 saturated heterocycles. The van der Waals surface area contributed by atoms with Crippen molar-refractivity contribution in [3.8, 4) is 0 Å². The lowest BCUT2D eigenvalue weighted by molar-refractivity contribution is 0.0695. The summed E-state index contributed by atoms with van der Waals surface area (Å²) >= 11 is 3.22. The number of carbonyl (C=O) groups excluding carboxylic acids is 1. The quantitative estimate of drug-likeness (QED) is 0.875. The van der Waals surface area contributed by atoms with E-state index in [1.165, 1.54) is 6.42 Å². The zero-order valence-electron chi connectivity index (χ0n) is 12.0. The summed E-state index contributed by atoms with van der Waals surface area (Å²) in [5, 5.41) is 3.11. The molecule has 1 amide bonds. The predicted octanol–water partition coefficient (Wildman–Crippen LogP) is 4.38. The van der Waals surface area contributed by atoms with Gasteiger partial charge in [0.05, 0.1) is 0 Å². The predicted molar refractivity (Wildman–Crippen MR) is 79.1 cm³/mol. The van der Waals surface area contributed by atoms with Crippen molar-refractivity contribution in [1.82, 2.24) is 5.32 Å². The van der Waals surface area contributed by atoms with Gasteiger partial charge in [-0.1, -0.05) is 27.7 Å². The first-order chi connectivity index (χ1) is 8.67. The fraction of sp³-hybridized carbons (Fsp3) is 0.667. The minimum Gasteiger partial charge on any atom is -0.444 e. The molecular formula is C15H22BrNO2. The lowest BCUT2D eigenvalue weighted by Gasteiger charge is -2.45. The number of amides is 1. The second kappa shape index (κ2) is 4.97. The molecule has 2 rings (SSSR count). The third-order valence-electron chi connectivity index (χ3n) is 3.69. The molecule has 106 valence electrons. The van der Waals surface area contributed by atoms with Gasteiger partial charge in [-0.3, -0.25) is 4.79 Å². The highest BCUT2D eigenvalue weighted by Crippen LogP contribution is 2.45. The molecular weight excluding hydrogens is 306 g/mol. The highest BCUT2D eigenvalue weighted by Gasteiger charge is 2.39. The first-order valence-corrected chi connectivity index (χ1v) is 7.52. The van der Waals surface area contributed by atoms with Gasteiger partial charge < -0.3 is 9.73 Å². The lowest BCUT2D eigenvalue weighted by Crippen LogP contribution is -2.45. The Labute approximate surface area is 123 Å². The molecule has 0 spiro atoms. The van der Waals surface area contributed by atoms with Crippen molar-refractivity contribution in [2.75, 3.05) is 0 Å². The first-order valence-electron chi connectivity index (χ1n) is 6.73. The maximum Gasteiger partial charge on any atom is 0.287 e. The monoisotopic (exact) mass is 327 g/mol. The number of carbonyl (C=O) groups is 1. The average Bonchev–Trinajstić information content (AvgIpc) is 2.59. The summed E-state index contributed by atoms with van der Waals surface area (Å²) in [4.78, 5) is 12.1. The molecule has 1 aromatic heterocycles. The second-order valence-electron chi connectivity index (χ2n) is 7.19. The van der Waals surface area contributed by atoms with Crippen LogP contribution in [0, 0.1) is 10.8 Å². The van der Waals surface area contributed by atoms with E-state index in [0.29, 0.717) is 10.4 Å². The Morgan fingerprint density at radius 2 is 1.84 bits per heavy atom. The minimum absolute atomic E-state index is 0.121. The van der Waals surface area contributed by atoms with Crippen molar-refractivity contribution in [3.05, 3.63) is 22.6 Å². The number of furan rings is 1. The Morgan fingerprint density at radius 3 is 2.32 bits per heavy atom. The number of nitrogens with one attached hydrogen (secondary N) is 1. The zero-order chi connectivity index (χ0) is 14.3. The molecule has 0 atom stereocenters. The standard InChI is InChI=1S/C15H22BrNO2/c1-14(2)7-10(8-15(3,4)9-14)17-13(18)11-5-6-12(16)19-11/h5-6,10H,7-9H2,1-4H3,(H,17,18).